The number of rotatable bonds is 6. The number of hydrogen-bond donors (Lipinski definition) is 1. The summed E-state index contributed by atoms with van der Waals surface area (Å²) in [5.74, 6) is 0.397. The molecule has 1 N–H and O–H groups in total. The molecule has 0 amide bonds. The van der Waals surface area contributed by atoms with Crippen molar-refractivity contribution in [2.45, 2.75) is 64.3 Å². The van der Waals surface area contributed by atoms with Gasteiger partial charge < -0.3 is 19.0 Å². The number of nitro benzene ring substituents is 1. The lowest BCUT2D eigenvalue weighted by Gasteiger charge is -2.40. The summed E-state index contributed by atoms with van der Waals surface area (Å²) < 4.78 is 18.2. The monoisotopic (exact) mass is 383 g/mol. The molecule has 1 aliphatic rings. The number of aliphatic hydroxyl groups is 1. The molecular formula is C18H29NO6Si. The molecule has 2 rings (SSSR count). The third-order valence-corrected chi connectivity index (χ3v) is 9.81. The van der Waals surface area contributed by atoms with Gasteiger partial charge in [-0.2, -0.15) is 0 Å². The molecule has 4 atom stereocenters. The number of benzene rings is 1. The topological polar surface area (TPSA) is 91.1 Å². The minimum Gasteiger partial charge on any atom is -0.465 e. The van der Waals surface area contributed by atoms with Crippen LogP contribution in [0.5, 0.6) is 5.75 Å². The standard InChI is InChI=1S/C18H29NO6Si/c1-12-16(25-26(5,6)18(2,3)4)15(11-20)24-17(12)23-14-9-7-13(8-10-14)19(21)22/h7-10,12,15-17,20H,11H2,1-6H3/t12?,15-,16+,17?/m1/s1. The summed E-state index contributed by atoms with van der Waals surface area (Å²) in [5.41, 5.74) is 0.00473. The van der Waals surface area contributed by atoms with Crippen LogP contribution in [-0.2, 0) is 9.16 Å². The van der Waals surface area contributed by atoms with Crippen LogP contribution < -0.4 is 4.74 Å². The summed E-state index contributed by atoms with van der Waals surface area (Å²) in [6.07, 6.45) is -1.30. The quantitative estimate of drug-likeness (QED) is 0.457. The molecule has 0 spiro atoms. The van der Waals surface area contributed by atoms with E-state index in [-0.39, 0.29) is 29.4 Å². The largest absolute Gasteiger partial charge is 0.465 e. The van der Waals surface area contributed by atoms with Gasteiger partial charge >= 0.3 is 0 Å². The van der Waals surface area contributed by atoms with Gasteiger partial charge in [-0.25, -0.2) is 0 Å². The van der Waals surface area contributed by atoms with Gasteiger partial charge in [0.25, 0.3) is 5.69 Å². The zero-order chi connectivity index (χ0) is 19.7. The van der Waals surface area contributed by atoms with Crippen molar-refractivity contribution in [2.75, 3.05) is 6.61 Å². The van der Waals surface area contributed by atoms with Gasteiger partial charge in [0.1, 0.15) is 11.9 Å². The molecule has 1 aromatic rings. The second-order valence-corrected chi connectivity index (χ2v) is 13.1. The number of nitrogens with zero attached hydrogens (tertiary/aromatic N) is 1. The molecule has 1 heterocycles. The van der Waals surface area contributed by atoms with E-state index in [0.717, 1.165) is 0 Å². The molecule has 1 fully saturated rings. The van der Waals surface area contributed by atoms with E-state index in [4.69, 9.17) is 13.9 Å². The van der Waals surface area contributed by atoms with Gasteiger partial charge in [0.05, 0.1) is 17.6 Å². The lowest BCUT2D eigenvalue weighted by Crippen LogP contribution is -2.48. The summed E-state index contributed by atoms with van der Waals surface area (Å²) in [4.78, 5) is 10.3. The van der Waals surface area contributed by atoms with Crippen LogP contribution in [-0.4, -0.2) is 43.5 Å². The van der Waals surface area contributed by atoms with E-state index in [9.17, 15) is 15.2 Å². The summed E-state index contributed by atoms with van der Waals surface area (Å²) >= 11 is 0. The van der Waals surface area contributed by atoms with E-state index < -0.39 is 25.6 Å². The molecule has 8 heteroatoms. The predicted octanol–water partition coefficient (Wildman–Crippen LogP) is 3.72. The van der Waals surface area contributed by atoms with Crippen LogP contribution in [0.15, 0.2) is 24.3 Å². The molecule has 1 aromatic carbocycles. The van der Waals surface area contributed by atoms with Gasteiger partial charge in [0.15, 0.2) is 8.32 Å². The molecule has 26 heavy (non-hydrogen) atoms. The number of aliphatic hydroxyl groups excluding tert-OH is 1. The molecule has 0 saturated carbocycles. The smallest absolute Gasteiger partial charge is 0.269 e. The van der Waals surface area contributed by atoms with E-state index in [1.54, 1.807) is 12.1 Å². The third kappa shape index (κ3) is 4.43. The van der Waals surface area contributed by atoms with Crippen molar-refractivity contribution in [1.29, 1.82) is 0 Å². The Morgan fingerprint density at radius 2 is 1.85 bits per heavy atom. The van der Waals surface area contributed by atoms with Crippen molar-refractivity contribution in [1.82, 2.24) is 0 Å². The summed E-state index contributed by atoms with van der Waals surface area (Å²) in [6, 6.07) is 5.87. The third-order valence-electron chi connectivity index (χ3n) is 5.34. The second kappa shape index (κ2) is 7.64. The fourth-order valence-corrected chi connectivity index (χ4v) is 4.03. The Morgan fingerprint density at radius 1 is 1.27 bits per heavy atom. The average Bonchev–Trinajstić information content (AvgIpc) is 2.82. The highest BCUT2D eigenvalue weighted by molar-refractivity contribution is 6.74. The lowest BCUT2D eigenvalue weighted by molar-refractivity contribution is -0.384. The molecule has 7 nitrogen and oxygen atoms in total. The maximum Gasteiger partial charge on any atom is 0.269 e. The Bertz CT molecular complexity index is 628. The fourth-order valence-electron chi connectivity index (χ4n) is 2.63. The highest BCUT2D eigenvalue weighted by atomic mass is 28.4. The number of non-ortho nitro benzene ring substituents is 1. The van der Waals surface area contributed by atoms with Crippen molar-refractivity contribution >= 4 is 14.0 Å². The van der Waals surface area contributed by atoms with Crippen LogP contribution in [0.4, 0.5) is 5.69 Å². The highest BCUT2D eigenvalue weighted by Crippen LogP contribution is 2.41. The number of nitro groups is 1. The molecular weight excluding hydrogens is 354 g/mol. The van der Waals surface area contributed by atoms with Crippen molar-refractivity contribution in [3.8, 4) is 5.75 Å². The van der Waals surface area contributed by atoms with Crippen LogP contribution in [0.3, 0.4) is 0 Å². The van der Waals surface area contributed by atoms with E-state index in [1.807, 2.05) is 6.92 Å². The molecule has 2 unspecified atom stereocenters. The normalized spacial score (nSPS) is 26.7. The molecule has 0 aromatic heterocycles. The molecule has 0 bridgehead atoms. The fraction of sp³-hybridized carbons (Fsp3) is 0.667. The summed E-state index contributed by atoms with van der Waals surface area (Å²) in [7, 11) is -2.03. The molecule has 1 aliphatic heterocycles. The van der Waals surface area contributed by atoms with Crippen LogP contribution >= 0.6 is 0 Å². The van der Waals surface area contributed by atoms with E-state index in [0.29, 0.717) is 5.75 Å². The first-order valence-corrected chi connectivity index (χ1v) is 11.7. The SMILES string of the molecule is CC1C(Oc2ccc([N+](=O)[O-])cc2)O[C@H](CO)[C@H]1O[Si](C)(C)C(C)(C)C. The molecule has 0 aliphatic carbocycles. The van der Waals surface area contributed by atoms with Gasteiger partial charge in [-0.1, -0.05) is 27.7 Å². The van der Waals surface area contributed by atoms with Crippen LogP contribution in [0, 0.1) is 16.0 Å². The van der Waals surface area contributed by atoms with Gasteiger partial charge in [-0.3, -0.25) is 10.1 Å². The Kier molecular flexibility index (Phi) is 6.12. The maximum absolute atomic E-state index is 10.7. The van der Waals surface area contributed by atoms with Crippen molar-refractivity contribution < 1.29 is 23.9 Å². The first-order chi connectivity index (χ1) is 12.0. The average molecular weight is 384 g/mol. The maximum atomic E-state index is 10.7. The van der Waals surface area contributed by atoms with Gasteiger partial charge in [-0.05, 0) is 30.3 Å². The lowest BCUT2D eigenvalue weighted by atomic mass is 10.0. The molecule has 1 saturated heterocycles. The van der Waals surface area contributed by atoms with Gasteiger partial charge in [0.2, 0.25) is 6.29 Å². The summed E-state index contributed by atoms with van der Waals surface area (Å²) in [5, 5.41) is 20.5. The number of hydrogen-bond acceptors (Lipinski definition) is 6. The highest BCUT2D eigenvalue weighted by Gasteiger charge is 2.49. The second-order valence-electron chi connectivity index (χ2n) is 8.30. The van der Waals surface area contributed by atoms with Gasteiger partial charge in [0, 0.05) is 18.1 Å². The van der Waals surface area contributed by atoms with Crippen LogP contribution in [0.2, 0.25) is 18.1 Å². The Morgan fingerprint density at radius 3 is 2.31 bits per heavy atom. The van der Waals surface area contributed by atoms with Crippen molar-refractivity contribution in [3.63, 3.8) is 0 Å². The zero-order valence-electron chi connectivity index (χ0n) is 16.3. The predicted molar refractivity (Wildman–Crippen MR) is 101 cm³/mol. The van der Waals surface area contributed by atoms with E-state index in [1.165, 1.54) is 12.1 Å². The minimum atomic E-state index is -2.03. The number of ether oxygens (including phenoxy) is 2. The summed E-state index contributed by atoms with van der Waals surface area (Å²) in [6.45, 7) is 12.7. The Hall–Kier alpha value is -1.48. The first kappa shape index (κ1) is 20.8. The first-order valence-electron chi connectivity index (χ1n) is 8.81. The zero-order valence-corrected chi connectivity index (χ0v) is 17.3. The van der Waals surface area contributed by atoms with Crippen molar-refractivity contribution in [3.05, 3.63) is 34.4 Å². The van der Waals surface area contributed by atoms with Gasteiger partial charge in [-0.15, -0.1) is 0 Å². The van der Waals surface area contributed by atoms with Crippen LogP contribution in [0.25, 0.3) is 0 Å². The van der Waals surface area contributed by atoms with Crippen LogP contribution in [0.1, 0.15) is 27.7 Å². The molecule has 0 radical (unpaired) electrons. The van der Waals surface area contributed by atoms with E-state index >= 15 is 0 Å². The van der Waals surface area contributed by atoms with E-state index in [2.05, 4.69) is 33.9 Å². The Labute approximate surface area is 155 Å². The minimum absolute atomic E-state index is 0.00473. The van der Waals surface area contributed by atoms with Crippen molar-refractivity contribution in [2.24, 2.45) is 5.92 Å². The molecule has 146 valence electrons. The Balaban J connectivity index is 2.11.